The largest absolute Gasteiger partial charge is 0.491 e. The minimum atomic E-state index is -0.253. The Morgan fingerprint density at radius 1 is 1.00 bits per heavy atom. The van der Waals surface area contributed by atoms with Crippen LogP contribution >= 0.6 is 11.3 Å². The van der Waals surface area contributed by atoms with Crippen LogP contribution in [0.4, 0.5) is 15.9 Å². The first-order chi connectivity index (χ1) is 13.1. The number of fused-ring (bicyclic) bond motifs is 1. The van der Waals surface area contributed by atoms with Crippen molar-refractivity contribution >= 4 is 33.1 Å². The Labute approximate surface area is 160 Å². The average molecular weight is 379 g/mol. The first-order valence-corrected chi connectivity index (χ1v) is 9.50. The fourth-order valence-corrected chi connectivity index (χ4v) is 3.75. The Bertz CT molecular complexity index is 1060. The van der Waals surface area contributed by atoms with E-state index in [1.165, 1.54) is 12.1 Å². The topological polar surface area (TPSA) is 47.0 Å². The van der Waals surface area contributed by atoms with Gasteiger partial charge in [-0.25, -0.2) is 14.4 Å². The van der Waals surface area contributed by atoms with Gasteiger partial charge in [-0.1, -0.05) is 12.1 Å². The summed E-state index contributed by atoms with van der Waals surface area (Å²) in [5.41, 5.74) is 2.82. The van der Waals surface area contributed by atoms with Crippen molar-refractivity contribution in [2.24, 2.45) is 0 Å². The zero-order chi connectivity index (χ0) is 18.8. The zero-order valence-electron chi connectivity index (χ0n) is 14.9. The molecule has 1 N–H and O–H groups in total. The lowest BCUT2D eigenvalue weighted by atomic mass is 10.1. The van der Waals surface area contributed by atoms with Gasteiger partial charge in [0.15, 0.2) is 0 Å². The molecule has 2 heterocycles. The molecule has 2 aromatic heterocycles. The third-order valence-corrected chi connectivity index (χ3v) is 4.90. The molecule has 6 heteroatoms. The van der Waals surface area contributed by atoms with Crippen LogP contribution in [0.1, 0.15) is 13.8 Å². The molecule has 136 valence electrons. The molecule has 2 aromatic carbocycles. The number of nitrogens with one attached hydrogen (secondary N) is 1. The summed E-state index contributed by atoms with van der Waals surface area (Å²) in [5.74, 6) is 1.29. The van der Waals surface area contributed by atoms with Gasteiger partial charge in [-0.2, -0.15) is 0 Å². The molecule has 0 unspecified atom stereocenters. The van der Waals surface area contributed by atoms with Gasteiger partial charge in [0.2, 0.25) is 0 Å². The second-order valence-electron chi connectivity index (χ2n) is 6.37. The number of hydrogen-bond donors (Lipinski definition) is 1. The SMILES string of the molecule is CC(C)Oc1ccc(Nc2ncnc3scc(-c4ccc(F)cc4)c23)cc1. The van der Waals surface area contributed by atoms with Crippen molar-refractivity contribution in [3.8, 4) is 16.9 Å². The zero-order valence-corrected chi connectivity index (χ0v) is 15.8. The van der Waals surface area contributed by atoms with Crippen LogP contribution in [0, 0.1) is 5.82 Å². The molecular formula is C21H18FN3OS. The van der Waals surface area contributed by atoms with E-state index < -0.39 is 0 Å². The summed E-state index contributed by atoms with van der Waals surface area (Å²) >= 11 is 1.54. The summed E-state index contributed by atoms with van der Waals surface area (Å²) in [6, 6.07) is 14.2. The molecule has 27 heavy (non-hydrogen) atoms. The number of aromatic nitrogens is 2. The summed E-state index contributed by atoms with van der Waals surface area (Å²) in [6.07, 6.45) is 1.68. The highest BCUT2D eigenvalue weighted by Gasteiger charge is 2.13. The van der Waals surface area contributed by atoms with E-state index in [2.05, 4.69) is 15.3 Å². The maximum Gasteiger partial charge on any atom is 0.143 e. The molecule has 4 aromatic rings. The molecule has 0 saturated carbocycles. The lowest BCUT2D eigenvalue weighted by molar-refractivity contribution is 0.242. The fourth-order valence-electron chi connectivity index (χ4n) is 2.84. The number of anilines is 2. The van der Waals surface area contributed by atoms with E-state index in [1.54, 1.807) is 29.8 Å². The Hall–Kier alpha value is -2.99. The average Bonchev–Trinajstić information content (AvgIpc) is 3.09. The van der Waals surface area contributed by atoms with E-state index in [9.17, 15) is 4.39 Å². The van der Waals surface area contributed by atoms with E-state index in [0.29, 0.717) is 0 Å². The van der Waals surface area contributed by atoms with Gasteiger partial charge in [0, 0.05) is 16.6 Å². The highest BCUT2D eigenvalue weighted by Crippen LogP contribution is 2.37. The van der Waals surface area contributed by atoms with Crippen LogP contribution in [-0.2, 0) is 0 Å². The second-order valence-corrected chi connectivity index (χ2v) is 7.23. The monoisotopic (exact) mass is 379 g/mol. The maximum absolute atomic E-state index is 13.3. The number of hydrogen-bond acceptors (Lipinski definition) is 5. The van der Waals surface area contributed by atoms with Crippen molar-refractivity contribution < 1.29 is 9.13 Å². The first kappa shape index (κ1) is 17.4. The van der Waals surface area contributed by atoms with Crippen LogP contribution < -0.4 is 10.1 Å². The Balaban J connectivity index is 1.69. The standard InChI is InChI=1S/C21H18FN3OS/c1-13(2)26-17-9-7-16(8-10-17)25-20-19-18(11-27-21(19)24-12-23-20)14-3-5-15(22)6-4-14/h3-13H,1-2H3,(H,23,24,25). The van der Waals surface area contributed by atoms with Gasteiger partial charge in [0.1, 0.15) is 28.5 Å². The van der Waals surface area contributed by atoms with Crippen LogP contribution in [0.15, 0.2) is 60.2 Å². The van der Waals surface area contributed by atoms with Crippen LogP contribution in [0.3, 0.4) is 0 Å². The normalized spacial score (nSPS) is 11.1. The molecule has 0 aliphatic carbocycles. The highest BCUT2D eigenvalue weighted by molar-refractivity contribution is 7.17. The number of halogens is 1. The highest BCUT2D eigenvalue weighted by atomic mass is 32.1. The maximum atomic E-state index is 13.3. The van der Waals surface area contributed by atoms with Crippen LogP contribution in [-0.4, -0.2) is 16.1 Å². The fraction of sp³-hybridized carbons (Fsp3) is 0.143. The van der Waals surface area contributed by atoms with E-state index >= 15 is 0 Å². The molecule has 4 nitrogen and oxygen atoms in total. The van der Waals surface area contributed by atoms with Gasteiger partial charge < -0.3 is 10.1 Å². The molecule has 0 radical (unpaired) electrons. The van der Waals surface area contributed by atoms with Crippen molar-refractivity contribution in [2.45, 2.75) is 20.0 Å². The lowest BCUT2D eigenvalue weighted by Gasteiger charge is -2.11. The number of ether oxygens (including phenoxy) is 1. The Morgan fingerprint density at radius 2 is 1.74 bits per heavy atom. The molecular weight excluding hydrogens is 361 g/mol. The molecule has 0 spiro atoms. The quantitative estimate of drug-likeness (QED) is 0.460. The molecule has 0 saturated heterocycles. The van der Waals surface area contributed by atoms with Crippen molar-refractivity contribution in [3.05, 3.63) is 66.1 Å². The summed E-state index contributed by atoms with van der Waals surface area (Å²) in [6.45, 7) is 3.99. The third-order valence-electron chi connectivity index (χ3n) is 4.01. The molecule has 0 amide bonds. The third kappa shape index (κ3) is 3.75. The predicted octanol–water partition coefficient (Wildman–Crippen LogP) is 6.03. The van der Waals surface area contributed by atoms with Crippen molar-refractivity contribution in [1.29, 1.82) is 0 Å². The van der Waals surface area contributed by atoms with Crippen molar-refractivity contribution in [3.63, 3.8) is 0 Å². The van der Waals surface area contributed by atoms with Gasteiger partial charge in [-0.05, 0) is 55.8 Å². The minimum Gasteiger partial charge on any atom is -0.491 e. The van der Waals surface area contributed by atoms with Gasteiger partial charge in [-0.3, -0.25) is 0 Å². The van der Waals surface area contributed by atoms with Crippen LogP contribution in [0.5, 0.6) is 5.75 Å². The molecule has 4 rings (SSSR count). The summed E-state index contributed by atoms with van der Waals surface area (Å²) in [7, 11) is 0. The van der Waals surface area contributed by atoms with Crippen LogP contribution in [0.25, 0.3) is 21.3 Å². The summed E-state index contributed by atoms with van der Waals surface area (Å²) in [5, 5.41) is 6.31. The van der Waals surface area contributed by atoms with Crippen molar-refractivity contribution in [2.75, 3.05) is 5.32 Å². The smallest absolute Gasteiger partial charge is 0.143 e. The molecule has 0 fully saturated rings. The van der Waals surface area contributed by atoms with E-state index in [0.717, 1.165) is 38.6 Å². The summed E-state index contributed by atoms with van der Waals surface area (Å²) < 4.78 is 19.0. The van der Waals surface area contributed by atoms with Crippen LogP contribution in [0.2, 0.25) is 0 Å². The number of rotatable bonds is 5. The van der Waals surface area contributed by atoms with Gasteiger partial charge in [-0.15, -0.1) is 11.3 Å². The molecule has 0 aliphatic rings. The van der Waals surface area contributed by atoms with Gasteiger partial charge >= 0.3 is 0 Å². The molecule has 0 atom stereocenters. The first-order valence-electron chi connectivity index (χ1n) is 8.62. The lowest BCUT2D eigenvalue weighted by Crippen LogP contribution is -2.05. The van der Waals surface area contributed by atoms with Crippen molar-refractivity contribution in [1.82, 2.24) is 9.97 Å². The Kier molecular flexibility index (Phi) is 4.73. The minimum absolute atomic E-state index is 0.134. The summed E-state index contributed by atoms with van der Waals surface area (Å²) in [4.78, 5) is 9.68. The van der Waals surface area contributed by atoms with E-state index in [4.69, 9.17) is 4.74 Å². The molecule has 0 aliphatic heterocycles. The second kappa shape index (κ2) is 7.32. The predicted molar refractivity (Wildman–Crippen MR) is 108 cm³/mol. The van der Waals surface area contributed by atoms with E-state index in [1.807, 2.05) is 43.5 Å². The number of thiophene rings is 1. The molecule has 0 bridgehead atoms. The van der Waals surface area contributed by atoms with Gasteiger partial charge in [0.05, 0.1) is 11.5 Å². The van der Waals surface area contributed by atoms with E-state index in [-0.39, 0.29) is 11.9 Å². The number of nitrogens with zero attached hydrogens (tertiary/aromatic N) is 2. The Morgan fingerprint density at radius 3 is 2.44 bits per heavy atom. The van der Waals surface area contributed by atoms with Gasteiger partial charge in [0.25, 0.3) is 0 Å². The number of benzene rings is 2.